The Balaban J connectivity index is 2.17. The molecule has 4 rings (SSSR count). The Hall–Kier alpha value is -3.15. The number of imidazole rings is 1. The van der Waals surface area contributed by atoms with E-state index in [2.05, 4.69) is 9.97 Å². The molecule has 0 saturated heterocycles. The first kappa shape index (κ1) is 12.6. The molecule has 0 unspecified atom stereocenters. The first-order valence-electron chi connectivity index (χ1n) is 6.70. The van der Waals surface area contributed by atoms with Gasteiger partial charge in [0.1, 0.15) is 0 Å². The SMILES string of the molecule is COC(=O)c1ccc2[nH]c3nc4ccccc4c(=O)n3c2c1. The molecule has 0 fully saturated rings. The van der Waals surface area contributed by atoms with E-state index in [1.807, 2.05) is 6.07 Å². The Morgan fingerprint density at radius 3 is 2.86 bits per heavy atom. The van der Waals surface area contributed by atoms with Crippen molar-refractivity contribution in [1.82, 2.24) is 14.4 Å². The number of carbonyl (C=O) groups excluding carboxylic acids is 1. The highest BCUT2D eigenvalue weighted by atomic mass is 16.5. The highest BCUT2D eigenvalue weighted by Gasteiger charge is 2.13. The van der Waals surface area contributed by atoms with Gasteiger partial charge in [0.15, 0.2) is 0 Å². The molecule has 4 aromatic rings. The number of benzene rings is 2. The second kappa shape index (κ2) is 4.42. The molecule has 2 aromatic carbocycles. The van der Waals surface area contributed by atoms with Gasteiger partial charge in [-0.25, -0.2) is 14.2 Å². The zero-order valence-corrected chi connectivity index (χ0v) is 11.7. The number of hydrogen-bond acceptors (Lipinski definition) is 4. The van der Waals surface area contributed by atoms with Crippen LogP contribution in [0.1, 0.15) is 10.4 Å². The van der Waals surface area contributed by atoms with Gasteiger partial charge >= 0.3 is 5.97 Å². The Morgan fingerprint density at radius 2 is 2.05 bits per heavy atom. The van der Waals surface area contributed by atoms with Gasteiger partial charge in [0.25, 0.3) is 5.56 Å². The summed E-state index contributed by atoms with van der Waals surface area (Å²) in [5.41, 5.74) is 2.17. The van der Waals surface area contributed by atoms with E-state index in [0.29, 0.717) is 27.8 Å². The summed E-state index contributed by atoms with van der Waals surface area (Å²) < 4.78 is 6.20. The Labute approximate surface area is 124 Å². The molecule has 2 heterocycles. The maximum atomic E-state index is 12.7. The van der Waals surface area contributed by atoms with Gasteiger partial charge in [0.2, 0.25) is 5.78 Å². The van der Waals surface area contributed by atoms with Crippen LogP contribution in [0.2, 0.25) is 0 Å². The number of esters is 1. The lowest BCUT2D eigenvalue weighted by atomic mass is 10.2. The predicted octanol–water partition coefficient (Wildman–Crippen LogP) is 2.12. The van der Waals surface area contributed by atoms with Crippen LogP contribution in [0.4, 0.5) is 0 Å². The van der Waals surface area contributed by atoms with Crippen LogP contribution in [-0.2, 0) is 4.74 Å². The summed E-state index contributed by atoms with van der Waals surface area (Å²) in [4.78, 5) is 31.9. The second-order valence-electron chi connectivity index (χ2n) is 4.94. The van der Waals surface area contributed by atoms with Crippen LogP contribution in [0.3, 0.4) is 0 Å². The number of fused-ring (bicyclic) bond motifs is 4. The van der Waals surface area contributed by atoms with E-state index < -0.39 is 5.97 Å². The molecule has 1 N–H and O–H groups in total. The molecule has 0 saturated carbocycles. The fourth-order valence-electron chi connectivity index (χ4n) is 2.63. The molecule has 0 amide bonds. The van der Waals surface area contributed by atoms with Crippen molar-refractivity contribution in [3.05, 3.63) is 58.4 Å². The molecular formula is C16H11N3O3. The van der Waals surface area contributed by atoms with Gasteiger partial charge in [-0.3, -0.25) is 4.79 Å². The van der Waals surface area contributed by atoms with Crippen molar-refractivity contribution in [3.63, 3.8) is 0 Å². The van der Waals surface area contributed by atoms with Gasteiger partial charge in [0.05, 0.1) is 34.6 Å². The highest BCUT2D eigenvalue weighted by molar-refractivity contribution is 5.94. The molecule has 0 aliphatic carbocycles. The van der Waals surface area contributed by atoms with E-state index in [1.165, 1.54) is 11.5 Å². The third-order valence-electron chi connectivity index (χ3n) is 3.68. The van der Waals surface area contributed by atoms with Crippen LogP contribution in [0.5, 0.6) is 0 Å². The number of carbonyl (C=O) groups is 1. The number of H-pyrrole nitrogens is 1. The third-order valence-corrected chi connectivity index (χ3v) is 3.68. The minimum atomic E-state index is -0.446. The van der Waals surface area contributed by atoms with Crippen LogP contribution in [0.15, 0.2) is 47.3 Å². The van der Waals surface area contributed by atoms with E-state index in [9.17, 15) is 9.59 Å². The minimum Gasteiger partial charge on any atom is -0.465 e. The number of methoxy groups -OCH3 is 1. The highest BCUT2D eigenvalue weighted by Crippen LogP contribution is 2.18. The topological polar surface area (TPSA) is 76.5 Å². The lowest BCUT2D eigenvalue weighted by molar-refractivity contribution is 0.0601. The summed E-state index contributed by atoms with van der Waals surface area (Å²) in [6, 6.07) is 12.2. The van der Waals surface area contributed by atoms with Gasteiger partial charge in [-0.15, -0.1) is 0 Å². The molecule has 0 radical (unpaired) electrons. The summed E-state index contributed by atoms with van der Waals surface area (Å²) in [6.45, 7) is 0. The van der Waals surface area contributed by atoms with Crippen molar-refractivity contribution >= 4 is 33.7 Å². The Morgan fingerprint density at radius 1 is 1.23 bits per heavy atom. The summed E-state index contributed by atoms with van der Waals surface area (Å²) in [5, 5.41) is 0.532. The second-order valence-corrected chi connectivity index (χ2v) is 4.94. The maximum absolute atomic E-state index is 12.7. The number of aromatic nitrogens is 3. The average Bonchev–Trinajstić information content (AvgIpc) is 2.91. The molecule has 2 aromatic heterocycles. The molecule has 0 aliphatic heterocycles. The van der Waals surface area contributed by atoms with Crippen molar-refractivity contribution in [1.29, 1.82) is 0 Å². The summed E-state index contributed by atoms with van der Waals surface area (Å²) in [6.07, 6.45) is 0. The standard InChI is InChI=1S/C16H11N3O3/c1-22-15(21)9-6-7-12-13(8-9)19-14(20)10-4-2-3-5-11(10)17-16(19)18-12/h2-8H,1H3,(H,17,18). The van der Waals surface area contributed by atoms with Crippen LogP contribution in [0.25, 0.3) is 27.7 Å². The number of aromatic amines is 1. The quantitative estimate of drug-likeness (QED) is 0.545. The van der Waals surface area contributed by atoms with Crippen molar-refractivity contribution in [2.75, 3.05) is 7.11 Å². The molecule has 0 spiro atoms. The van der Waals surface area contributed by atoms with E-state index in [4.69, 9.17) is 4.74 Å². The maximum Gasteiger partial charge on any atom is 0.337 e. The van der Waals surface area contributed by atoms with Crippen LogP contribution >= 0.6 is 0 Å². The largest absolute Gasteiger partial charge is 0.465 e. The van der Waals surface area contributed by atoms with E-state index in [-0.39, 0.29) is 5.56 Å². The van der Waals surface area contributed by atoms with E-state index >= 15 is 0 Å². The molecule has 0 aliphatic rings. The zero-order valence-electron chi connectivity index (χ0n) is 11.7. The predicted molar refractivity (Wildman–Crippen MR) is 82.2 cm³/mol. The number of nitrogens with zero attached hydrogens (tertiary/aromatic N) is 2. The Bertz CT molecular complexity index is 1110. The average molecular weight is 293 g/mol. The number of rotatable bonds is 1. The summed E-state index contributed by atoms with van der Waals surface area (Å²) in [5.74, 6) is -0.00115. The third kappa shape index (κ3) is 1.64. The molecule has 6 heteroatoms. The van der Waals surface area contributed by atoms with Gasteiger partial charge in [-0.2, -0.15) is 0 Å². The lowest BCUT2D eigenvalue weighted by Gasteiger charge is -2.00. The van der Waals surface area contributed by atoms with Crippen LogP contribution in [-0.4, -0.2) is 27.4 Å². The molecule has 22 heavy (non-hydrogen) atoms. The fraction of sp³-hybridized carbons (Fsp3) is 0.0625. The van der Waals surface area contributed by atoms with Crippen molar-refractivity contribution in [2.24, 2.45) is 0 Å². The van der Waals surface area contributed by atoms with Crippen molar-refractivity contribution in [3.8, 4) is 0 Å². The fourth-order valence-corrected chi connectivity index (χ4v) is 2.63. The van der Waals surface area contributed by atoms with Crippen molar-refractivity contribution < 1.29 is 9.53 Å². The molecule has 108 valence electrons. The molecule has 0 atom stereocenters. The van der Waals surface area contributed by atoms with Crippen molar-refractivity contribution in [2.45, 2.75) is 0 Å². The molecule has 0 bridgehead atoms. The monoisotopic (exact) mass is 293 g/mol. The van der Waals surface area contributed by atoms with Gasteiger partial charge < -0.3 is 9.72 Å². The van der Waals surface area contributed by atoms with Gasteiger partial charge in [0, 0.05) is 0 Å². The van der Waals surface area contributed by atoms with Gasteiger partial charge in [-0.05, 0) is 30.3 Å². The number of nitrogens with one attached hydrogen (secondary N) is 1. The summed E-state index contributed by atoms with van der Waals surface area (Å²) >= 11 is 0. The lowest BCUT2D eigenvalue weighted by Crippen LogP contribution is -2.14. The normalized spacial score (nSPS) is 11.3. The summed E-state index contributed by atoms with van der Waals surface area (Å²) in [7, 11) is 1.32. The number of para-hydroxylation sites is 1. The minimum absolute atomic E-state index is 0.172. The zero-order chi connectivity index (χ0) is 15.3. The molecular weight excluding hydrogens is 282 g/mol. The first-order valence-corrected chi connectivity index (χ1v) is 6.70. The van der Waals surface area contributed by atoms with Gasteiger partial charge in [-0.1, -0.05) is 12.1 Å². The first-order chi connectivity index (χ1) is 10.7. The number of ether oxygens (including phenoxy) is 1. The van der Waals surface area contributed by atoms with Crippen LogP contribution in [0, 0.1) is 0 Å². The molecule has 6 nitrogen and oxygen atoms in total. The van der Waals surface area contributed by atoms with E-state index in [0.717, 1.165) is 5.52 Å². The Kier molecular flexibility index (Phi) is 2.53. The number of hydrogen-bond donors (Lipinski definition) is 1. The smallest absolute Gasteiger partial charge is 0.337 e. The van der Waals surface area contributed by atoms with E-state index in [1.54, 1.807) is 36.4 Å². The van der Waals surface area contributed by atoms with Crippen LogP contribution < -0.4 is 5.56 Å².